The molecule has 5 nitrogen and oxygen atoms in total. The maximum Gasteiger partial charge on any atom is 0.417 e. The Balaban J connectivity index is 2.19. The van der Waals surface area contributed by atoms with Crippen LogP contribution in [0.25, 0.3) is 22.3 Å². The zero-order chi connectivity index (χ0) is 20.5. The van der Waals surface area contributed by atoms with Crippen molar-refractivity contribution in [2.75, 3.05) is 5.73 Å². The summed E-state index contributed by atoms with van der Waals surface area (Å²) < 4.78 is 39.7. The minimum atomic E-state index is -4.52. The molecule has 28 heavy (non-hydrogen) atoms. The monoisotopic (exact) mass is 380 g/mol. The van der Waals surface area contributed by atoms with Crippen LogP contribution in [0.4, 0.5) is 19.0 Å². The van der Waals surface area contributed by atoms with Crippen LogP contribution < -0.4 is 11.3 Å². The number of hydrogen-bond acceptors (Lipinski definition) is 4. The van der Waals surface area contributed by atoms with Crippen LogP contribution in [-0.4, -0.2) is 4.98 Å². The number of nitrogens with zero attached hydrogens (tertiary/aromatic N) is 2. The predicted octanol–water partition coefficient (Wildman–Crippen LogP) is 4.05. The van der Waals surface area contributed by atoms with Gasteiger partial charge in [-0.25, -0.2) is 0 Å². The zero-order valence-electron chi connectivity index (χ0n) is 14.1. The topological polar surface area (TPSA) is 106 Å². The number of pyridine rings is 1. The van der Waals surface area contributed by atoms with E-state index < -0.39 is 17.3 Å². The molecule has 0 aliphatic rings. The van der Waals surface area contributed by atoms with E-state index in [-0.39, 0.29) is 28.1 Å². The van der Waals surface area contributed by atoms with E-state index in [4.69, 9.17) is 5.73 Å². The van der Waals surface area contributed by atoms with Gasteiger partial charge in [0.25, 0.3) is 5.56 Å². The molecular weight excluding hydrogens is 369 g/mol. The van der Waals surface area contributed by atoms with Gasteiger partial charge >= 0.3 is 6.18 Å². The highest BCUT2D eigenvalue weighted by atomic mass is 19.4. The third kappa shape index (κ3) is 3.19. The number of nitrogens with two attached hydrogens (primary N) is 1. The average Bonchev–Trinajstić information content (AvgIpc) is 2.67. The van der Waals surface area contributed by atoms with Crippen LogP contribution in [0, 0.1) is 22.7 Å². The van der Waals surface area contributed by atoms with E-state index in [0.29, 0.717) is 11.1 Å². The smallest absolute Gasteiger partial charge is 0.384 e. The molecule has 0 bridgehead atoms. The van der Waals surface area contributed by atoms with Gasteiger partial charge in [-0.2, -0.15) is 23.7 Å². The highest BCUT2D eigenvalue weighted by molar-refractivity contribution is 5.81. The normalized spacial score (nSPS) is 10.9. The molecule has 0 fully saturated rings. The number of hydrogen-bond donors (Lipinski definition) is 2. The van der Waals surface area contributed by atoms with Crippen LogP contribution in [0.15, 0.2) is 53.3 Å². The summed E-state index contributed by atoms with van der Waals surface area (Å²) in [6.07, 6.45) is -4.52. The first kappa shape index (κ1) is 18.7. The summed E-state index contributed by atoms with van der Waals surface area (Å²) in [7, 11) is 0. The molecule has 3 rings (SSSR count). The molecule has 2 aromatic carbocycles. The van der Waals surface area contributed by atoms with Crippen molar-refractivity contribution >= 4 is 5.82 Å². The highest BCUT2D eigenvalue weighted by Gasteiger charge is 2.33. The van der Waals surface area contributed by atoms with Crippen molar-refractivity contribution in [3.8, 4) is 34.4 Å². The standard InChI is InChI=1S/C20H11F3N4O/c21-20(22,23)16-4-2-1-3-13(16)11-5-7-12(8-6-11)17-14(9-24)18(26)27-19(28)15(17)10-25/h1-8H,(H3,26,27,28). The SMILES string of the molecule is N#Cc1c(N)[nH]c(=O)c(C#N)c1-c1ccc(-c2ccccc2C(F)(F)F)cc1. The van der Waals surface area contributed by atoms with Crippen molar-refractivity contribution in [3.63, 3.8) is 0 Å². The van der Waals surface area contributed by atoms with E-state index >= 15 is 0 Å². The van der Waals surface area contributed by atoms with Crippen molar-refractivity contribution in [2.45, 2.75) is 6.18 Å². The Labute approximate surface area is 157 Å². The first-order chi connectivity index (χ1) is 13.3. The molecule has 0 saturated carbocycles. The van der Waals surface area contributed by atoms with Crippen LogP contribution >= 0.6 is 0 Å². The van der Waals surface area contributed by atoms with E-state index in [9.17, 15) is 28.5 Å². The van der Waals surface area contributed by atoms with Gasteiger partial charge in [-0.05, 0) is 22.8 Å². The van der Waals surface area contributed by atoms with Gasteiger partial charge < -0.3 is 10.7 Å². The minimum absolute atomic E-state index is 0.00649. The second kappa shape index (κ2) is 6.93. The summed E-state index contributed by atoms with van der Waals surface area (Å²) in [4.78, 5) is 14.2. The molecule has 138 valence electrons. The molecule has 0 amide bonds. The number of nitriles is 2. The number of halogens is 3. The summed E-state index contributed by atoms with van der Waals surface area (Å²) in [5.74, 6) is -0.187. The number of H-pyrrole nitrogens is 1. The van der Waals surface area contributed by atoms with Crippen molar-refractivity contribution in [1.29, 1.82) is 10.5 Å². The van der Waals surface area contributed by atoms with Gasteiger partial charge in [0.05, 0.1) is 5.56 Å². The molecule has 3 N–H and O–H groups in total. The molecule has 0 atom stereocenters. The molecule has 0 saturated heterocycles. The van der Waals surface area contributed by atoms with E-state index in [1.807, 2.05) is 6.07 Å². The van der Waals surface area contributed by atoms with E-state index in [0.717, 1.165) is 6.07 Å². The van der Waals surface area contributed by atoms with Gasteiger partial charge in [-0.15, -0.1) is 0 Å². The predicted molar refractivity (Wildman–Crippen MR) is 96.8 cm³/mol. The van der Waals surface area contributed by atoms with Crippen molar-refractivity contribution in [3.05, 3.63) is 75.6 Å². The Hall–Kier alpha value is -4.04. The lowest BCUT2D eigenvalue weighted by Crippen LogP contribution is -2.16. The number of alkyl halides is 3. The molecule has 1 aromatic heterocycles. The lowest BCUT2D eigenvalue weighted by Gasteiger charge is -2.14. The molecule has 8 heteroatoms. The summed E-state index contributed by atoms with van der Waals surface area (Å²) in [6, 6.07) is 14.5. The van der Waals surface area contributed by atoms with Gasteiger partial charge in [0.2, 0.25) is 0 Å². The van der Waals surface area contributed by atoms with Crippen molar-refractivity contribution in [2.24, 2.45) is 0 Å². The number of rotatable bonds is 2. The first-order valence-corrected chi connectivity index (χ1v) is 7.91. The lowest BCUT2D eigenvalue weighted by molar-refractivity contribution is -0.137. The number of anilines is 1. The number of nitrogens with one attached hydrogen (secondary N) is 1. The van der Waals surface area contributed by atoms with Gasteiger partial charge in [0.1, 0.15) is 29.1 Å². The van der Waals surface area contributed by atoms with E-state index in [1.54, 1.807) is 6.07 Å². The van der Waals surface area contributed by atoms with Gasteiger partial charge in [-0.1, -0.05) is 42.5 Å². The number of aromatic amines is 1. The molecule has 0 radical (unpaired) electrons. The number of nitrogen functional groups attached to an aromatic ring is 1. The molecular formula is C20H11F3N4O. The third-order valence-electron chi connectivity index (χ3n) is 4.19. The number of benzene rings is 2. The quantitative estimate of drug-likeness (QED) is 0.699. The lowest BCUT2D eigenvalue weighted by atomic mass is 9.93. The van der Waals surface area contributed by atoms with Gasteiger partial charge in [0, 0.05) is 5.56 Å². The highest BCUT2D eigenvalue weighted by Crippen LogP contribution is 2.38. The Morgan fingerprint density at radius 3 is 2.04 bits per heavy atom. The van der Waals surface area contributed by atoms with Crippen LogP contribution in [0.5, 0.6) is 0 Å². The Bertz CT molecular complexity index is 1200. The second-order valence-corrected chi connectivity index (χ2v) is 5.84. The Morgan fingerprint density at radius 2 is 1.46 bits per heavy atom. The molecule has 0 spiro atoms. The second-order valence-electron chi connectivity index (χ2n) is 5.84. The fourth-order valence-electron chi connectivity index (χ4n) is 2.93. The van der Waals surface area contributed by atoms with Gasteiger partial charge in [0.15, 0.2) is 0 Å². The molecule has 1 heterocycles. The van der Waals surface area contributed by atoms with Gasteiger partial charge in [-0.3, -0.25) is 4.79 Å². The number of aromatic nitrogens is 1. The molecule has 0 unspecified atom stereocenters. The average molecular weight is 380 g/mol. The summed E-state index contributed by atoms with van der Waals surface area (Å²) >= 11 is 0. The fourth-order valence-corrected chi connectivity index (χ4v) is 2.93. The summed E-state index contributed by atoms with van der Waals surface area (Å²) in [6.45, 7) is 0. The Kier molecular flexibility index (Phi) is 4.64. The molecule has 0 aliphatic carbocycles. The van der Waals surface area contributed by atoms with Crippen molar-refractivity contribution < 1.29 is 13.2 Å². The minimum Gasteiger partial charge on any atom is -0.384 e. The van der Waals surface area contributed by atoms with E-state index in [2.05, 4.69) is 4.98 Å². The third-order valence-corrected chi connectivity index (χ3v) is 4.19. The maximum atomic E-state index is 13.2. The molecule has 0 aliphatic heterocycles. The van der Waals surface area contributed by atoms with Crippen LogP contribution in [0.2, 0.25) is 0 Å². The Morgan fingerprint density at radius 1 is 0.893 bits per heavy atom. The first-order valence-electron chi connectivity index (χ1n) is 7.91. The maximum absolute atomic E-state index is 13.2. The molecule has 3 aromatic rings. The van der Waals surface area contributed by atoms with E-state index in [1.165, 1.54) is 42.5 Å². The van der Waals surface area contributed by atoms with Crippen LogP contribution in [0.1, 0.15) is 16.7 Å². The van der Waals surface area contributed by atoms with Crippen molar-refractivity contribution in [1.82, 2.24) is 4.98 Å². The fraction of sp³-hybridized carbons (Fsp3) is 0.0500. The largest absolute Gasteiger partial charge is 0.417 e. The summed E-state index contributed by atoms with van der Waals surface area (Å²) in [5, 5.41) is 18.6. The zero-order valence-corrected chi connectivity index (χ0v) is 14.1. The van der Waals surface area contributed by atoms with Crippen LogP contribution in [-0.2, 0) is 6.18 Å². The van der Waals surface area contributed by atoms with Crippen LogP contribution in [0.3, 0.4) is 0 Å². The summed E-state index contributed by atoms with van der Waals surface area (Å²) in [5.41, 5.74) is 4.41.